The molecule has 0 aliphatic carbocycles. The second kappa shape index (κ2) is 6.29. The van der Waals surface area contributed by atoms with Crippen molar-refractivity contribution in [2.24, 2.45) is 0 Å². The summed E-state index contributed by atoms with van der Waals surface area (Å²) in [6.45, 7) is 1.94. The largest absolute Gasteiger partial charge is 0.317 e. The zero-order chi connectivity index (χ0) is 14.5. The number of anilines is 2. The third kappa shape index (κ3) is 3.64. The van der Waals surface area contributed by atoms with Gasteiger partial charge < -0.3 is 10.6 Å². The monoisotopic (exact) mass is 333 g/mol. The average Bonchev–Trinajstić information content (AvgIpc) is 2.43. The van der Waals surface area contributed by atoms with E-state index in [9.17, 15) is 9.59 Å². The Morgan fingerprint density at radius 2 is 1.90 bits per heavy atom. The Bertz CT molecular complexity index is 644. The lowest BCUT2D eigenvalue weighted by molar-refractivity contribution is -0.133. The van der Waals surface area contributed by atoms with Crippen molar-refractivity contribution in [1.82, 2.24) is 4.98 Å². The number of halogens is 1. The number of hydrogen-bond donors (Lipinski definition) is 2. The standard InChI is InChI=1S/C14H12BrN3O2/c1-9-4-5-12(11(15)7-9)18-14(20)13(19)17-10-3-2-6-16-8-10/h2-8H,1H3,(H,17,19)(H,18,20). The summed E-state index contributed by atoms with van der Waals surface area (Å²) in [5.74, 6) is -1.48. The second-order valence-corrected chi connectivity index (χ2v) is 4.99. The Morgan fingerprint density at radius 1 is 1.15 bits per heavy atom. The first-order valence-corrected chi connectivity index (χ1v) is 6.64. The van der Waals surface area contributed by atoms with E-state index < -0.39 is 11.8 Å². The first-order chi connectivity index (χ1) is 9.56. The molecular formula is C14H12BrN3O2. The molecule has 6 heteroatoms. The quantitative estimate of drug-likeness (QED) is 0.830. The number of nitrogens with zero attached hydrogens (tertiary/aromatic N) is 1. The van der Waals surface area contributed by atoms with Crippen molar-refractivity contribution in [3.05, 3.63) is 52.8 Å². The highest BCUT2D eigenvalue weighted by Gasteiger charge is 2.15. The fourth-order valence-corrected chi connectivity index (χ4v) is 2.12. The summed E-state index contributed by atoms with van der Waals surface area (Å²) in [6.07, 6.45) is 3.05. The molecule has 20 heavy (non-hydrogen) atoms. The van der Waals surface area contributed by atoms with Crippen molar-refractivity contribution >= 4 is 39.1 Å². The van der Waals surface area contributed by atoms with Crippen LogP contribution in [0.2, 0.25) is 0 Å². The summed E-state index contributed by atoms with van der Waals surface area (Å²) >= 11 is 3.34. The summed E-state index contributed by atoms with van der Waals surface area (Å²) in [6, 6.07) is 8.76. The number of benzene rings is 1. The van der Waals surface area contributed by atoms with Crippen LogP contribution in [0.15, 0.2) is 47.2 Å². The van der Waals surface area contributed by atoms with Gasteiger partial charge in [-0.15, -0.1) is 0 Å². The van der Waals surface area contributed by atoms with E-state index in [1.54, 1.807) is 24.4 Å². The molecule has 5 nitrogen and oxygen atoms in total. The first-order valence-electron chi connectivity index (χ1n) is 5.85. The van der Waals surface area contributed by atoms with E-state index >= 15 is 0 Å². The number of amides is 2. The highest BCUT2D eigenvalue weighted by atomic mass is 79.9. The number of carbonyl (C=O) groups excluding carboxylic acids is 2. The van der Waals surface area contributed by atoms with Crippen molar-refractivity contribution in [1.29, 1.82) is 0 Å². The molecule has 2 N–H and O–H groups in total. The van der Waals surface area contributed by atoms with E-state index in [0.29, 0.717) is 11.4 Å². The van der Waals surface area contributed by atoms with Gasteiger partial charge in [0, 0.05) is 10.7 Å². The van der Waals surface area contributed by atoms with E-state index in [-0.39, 0.29) is 0 Å². The third-order valence-corrected chi connectivity index (χ3v) is 3.15. The zero-order valence-corrected chi connectivity index (χ0v) is 12.3. The molecule has 0 saturated heterocycles. The van der Waals surface area contributed by atoms with Crippen LogP contribution < -0.4 is 10.6 Å². The molecule has 0 fully saturated rings. The topological polar surface area (TPSA) is 71.1 Å². The molecule has 0 aliphatic heterocycles. The molecule has 0 aliphatic rings. The van der Waals surface area contributed by atoms with Crippen LogP contribution in [0.1, 0.15) is 5.56 Å². The van der Waals surface area contributed by atoms with Gasteiger partial charge in [0.2, 0.25) is 0 Å². The number of carbonyl (C=O) groups is 2. The SMILES string of the molecule is Cc1ccc(NC(=O)C(=O)Nc2cccnc2)c(Br)c1. The van der Waals surface area contributed by atoms with Gasteiger partial charge in [0.25, 0.3) is 0 Å². The van der Waals surface area contributed by atoms with E-state index in [1.165, 1.54) is 6.20 Å². The zero-order valence-electron chi connectivity index (χ0n) is 10.7. The molecular weight excluding hydrogens is 322 g/mol. The van der Waals surface area contributed by atoms with Crippen molar-refractivity contribution < 1.29 is 9.59 Å². The highest BCUT2D eigenvalue weighted by molar-refractivity contribution is 9.10. The van der Waals surface area contributed by atoms with Crippen molar-refractivity contribution in [3.63, 3.8) is 0 Å². The molecule has 0 atom stereocenters. The molecule has 1 heterocycles. The summed E-state index contributed by atoms with van der Waals surface area (Å²) in [7, 11) is 0. The van der Waals surface area contributed by atoms with Gasteiger partial charge in [-0.1, -0.05) is 6.07 Å². The molecule has 1 aromatic heterocycles. The van der Waals surface area contributed by atoms with Gasteiger partial charge in [0.1, 0.15) is 0 Å². The van der Waals surface area contributed by atoms with E-state index in [4.69, 9.17) is 0 Å². The fourth-order valence-electron chi connectivity index (χ4n) is 1.53. The molecule has 2 aromatic rings. The number of aryl methyl sites for hydroxylation is 1. The Labute approximate surface area is 124 Å². The lowest BCUT2D eigenvalue weighted by Crippen LogP contribution is -2.29. The molecule has 1 aromatic carbocycles. The summed E-state index contributed by atoms with van der Waals surface area (Å²) in [5, 5.41) is 5.00. The number of rotatable bonds is 2. The van der Waals surface area contributed by atoms with E-state index in [1.807, 2.05) is 19.1 Å². The second-order valence-electron chi connectivity index (χ2n) is 4.13. The van der Waals surface area contributed by atoms with Crippen LogP contribution in [-0.4, -0.2) is 16.8 Å². The minimum atomic E-state index is -0.745. The lowest BCUT2D eigenvalue weighted by atomic mass is 10.2. The molecule has 2 rings (SSSR count). The van der Waals surface area contributed by atoms with Gasteiger partial charge in [-0.25, -0.2) is 0 Å². The predicted molar refractivity (Wildman–Crippen MR) is 80.4 cm³/mol. The van der Waals surface area contributed by atoms with E-state index in [2.05, 4.69) is 31.5 Å². The first kappa shape index (κ1) is 14.2. The Morgan fingerprint density at radius 3 is 2.55 bits per heavy atom. The fraction of sp³-hybridized carbons (Fsp3) is 0.0714. The normalized spacial score (nSPS) is 9.90. The van der Waals surface area contributed by atoms with Crippen molar-refractivity contribution in [3.8, 4) is 0 Å². The number of hydrogen-bond acceptors (Lipinski definition) is 3. The predicted octanol–water partition coefficient (Wildman–Crippen LogP) is 2.73. The van der Waals surface area contributed by atoms with Crippen LogP contribution in [0.5, 0.6) is 0 Å². The third-order valence-electron chi connectivity index (χ3n) is 2.50. The minimum absolute atomic E-state index is 0.468. The summed E-state index contributed by atoms with van der Waals surface area (Å²) in [5.41, 5.74) is 2.06. The van der Waals surface area contributed by atoms with Crippen LogP contribution in [0.4, 0.5) is 11.4 Å². The number of nitrogens with one attached hydrogen (secondary N) is 2. The molecule has 0 saturated carbocycles. The van der Waals surface area contributed by atoms with Crippen LogP contribution in [0.25, 0.3) is 0 Å². The summed E-state index contributed by atoms with van der Waals surface area (Å²) < 4.78 is 0.722. The van der Waals surface area contributed by atoms with Crippen LogP contribution in [0, 0.1) is 6.92 Å². The van der Waals surface area contributed by atoms with Crippen LogP contribution in [0.3, 0.4) is 0 Å². The molecule has 0 bridgehead atoms. The van der Waals surface area contributed by atoms with Gasteiger partial charge in [-0.05, 0) is 52.7 Å². The van der Waals surface area contributed by atoms with Gasteiger partial charge in [-0.2, -0.15) is 0 Å². The van der Waals surface area contributed by atoms with Gasteiger partial charge in [-0.3, -0.25) is 14.6 Å². The van der Waals surface area contributed by atoms with Gasteiger partial charge in [0.05, 0.1) is 17.6 Å². The van der Waals surface area contributed by atoms with Crippen LogP contribution in [-0.2, 0) is 9.59 Å². The Kier molecular flexibility index (Phi) is 4.47. The number of aromatic nitrogens is 1. The maximum Gasteiger partial charge on any atom is 0.314 e. The molecule has 2 amide bonds. The Balaban J connectivity index is 2.03. The van der Waals surface area contributed by atoms with Gasteiger partial charge in [0.15, 0.2) is 0 Å². The molecule has 102 valence electrons. The summed E-state index contributed by atoms with van der Waals surface area (Å²) in [4.78, 5) is 27.4. The smallest absolute Gasteiger partial charge is 0.314 e. The van der Waals surface area contributed by atoms with Crippen LogP contribution >= 0.6 is 15.9 Å². The van der Waals surface area contributed by atoms with Gasteiger partial charge >= 0.3 is 11.8 Å². The minimum Gasteiger partial charge on any atom is -0.317 e. The van der Waals surface area contributed by atoms with E-state index in [0.717, 1.165) is 10.0 Å². The average molecular weight is 334 g/mol. The maximum absolute atomic E-state index is 11.8. The molecule has 0 radical (unpaired) electrons. The lowest BCUT2D eigenvalue weighted by Gasteiger charge is -2.08. The van der Waals surface area contributed by atoms with Crippen molar-refractivity contribution in [2.75, 3.05) is 10.6 Å². The molecule has 0 unspecified atom stereocenters. The number of pyridine rings is 1. The highest BCUT2D eigenvalue weighted by Crippen LogP contribution is 2.23. The maximum atomic E-state index is 11.8. The molecule has 0 spiro atoms. The van der Waals surface area contributed by atoms with Crippen molar-refractivity contribution in [2.45, 2.75) is 6.92 Å². The Hall–Kier alpha value is -2.21.